The van der Waals surface area contributed by atoms with E-state index < -0.39 is 17.7 Å². The smallest absolute Gasteiger partial charge is 0.295 e. The van der Waals surface area contributed by atoms with Crippen LogP contribution in [0.4, 0.5) is 0 Å². The number of benzene rings is 2. The summed E-state index contributed by atoms with van der Waals surface area (Å²) in [6.45, 7) is 1.71. The third-order valence-electron chi connectivity index (χ3n) is 4.75. The molecule has 2 amide bonds. The van der Waals surface area contributed by atoms with E-state index in [4.69, 9.17) is 4.74 Å². The van der Waals surface area contributed by atoms with Gasteiger partial charge in [-0.25, -0.2) is 0 Å². The second kappa shape index (κ2) is 8.60. The summed E-state index contributed by atoms with van der Waals surface area (Å²) in [6.07, 6.45) is 0. The molecule has 7 nitrogen and oxygen atoms in total. The summed E-state index contributed by atoms with van der Waals surface area (Å²) in [5, 5.41) is 13.5. The largest absolute Gasteiger partial charge is 0.507 e. The highest BCUT2D eigenvalue weighted by atomic mass is 16.5. The summed E-state index contributed by atoms with van der Waals surface area (Å²) in [7, 11) is 1.55. The van der Waals surface area contributed by atoms with Crippen LogP contribution in [0.25, 0.3) is 5.76 Å². The van der Waals surface area contributed by atoms with Gasteiger partial charge in [0, 0.05) is 25.6 Å². The number of carbonyl (C=O) groups excluding carboxylic acids is 3. The van der Waals surface area contributed by atoms with Crippen molar-refractivity contribution in [3.05, 3.63) is 71.3 Å². The predicted molar refractivity (Wildman–Crippen MR) is 107 cm³/mol. The van der Waals surface area contributed by atoms with E-state index in [0.29, 0.717) is 16.9 Å². The Balaban J connectivity index is 2.07. The molecule has 2 aromatic rings. The van der Waals surface area contributed by atoms with Gasteiger partial charge in [0.05, 0.1) is 18.7 Å². The van der Waals surface area contributed by atoms with Gasteiger partial charge in [-0.05, 0) is 17.7 Å². The first-order valence-electron chi connectivity index (χ1n) is 9.16. The Bertz CT molecular complexity index is 951. The fraction of sp³-hybridized carbons (Fsp3) is 0.227. The highest BCUT2D eigenvalue weighted by Gasteiger charge is 2.45. The number of hydrogen-bond acceptors (Lipinski definition) is 5. The van der Waals surface area contributed by atoms with E-state index in [1.54, 1.807) is 61.7 Å². The van der Waals surface area contributed by atoms with Crippen molar-refractivity contribution in [3.63, 3.8) is 0 Å². The molecule has 7 heteroatoms. The quantitative estimate of drug-likeness (QED) is 0.445. The van der Waals surface area contributed by atoms with Gasteiger partial charge in [0.15, 0.2) is 0 Å². The molecule has 1 atom stereocenters. The molecule has 0 spiro atoms. The van der Waals surface area contributed by atoms with Crippen molar-refractivity contribution in [2.75, 3.05) is 20.2 Å². The second-order valence-corrected chi connectivity index (χ2v) is 6.61. The van der Waals surface area contributed by atoms with E-state index in [0.717, 1.165) is 0 Å². The minimum atomic E-state index is -0.769. The monoisotopic (exact) mass is 394 g/mol. The maximum Gasteiger partial charge on any atom is 0.295 e. The Hall–Kier alpha value is -3.61. The van der Waals surface area contributed by atoms with Crippen molar-refractivity contribution in [2.24, 2.45) is 0 Å². The number of rotatable bonds is 6. The van der Waals surface area contributed by atoms with Crippen LogP contribution in [0.3, 0.4) is 0 Å². The van der Waals surface area contributed by atoms with Crippen LogP contribution in [0, 0.1) is 0 Å². The molecule has 2 aromatic carbocycles. The number of aliphatic hydroxyl groups is 1. The minimum Gasteiger partial charge on any atom is -0.507 e. The van der Waals surface area contributed by atoms with Gasteiger partial charge in [0.25, 0.3) is 11.7 Å². The number of Topliss-reactive ketones (excluding diaryl/α,β-unsaturated/α-hetero) is 1. The first-order chi connectivity index (χ1) is 13.9. The van der Waals surface area contributed by atoms with Crippen molar-refractivity contribution < 1.29 is 24.2 Å². The Morgan fingerprint density at radius 1 is 1.10 bits per heavy atom. The molecule has 0 saturated carbocycles. The average Bonchev–Trinajstić information content (AvgIpc) is 2.98. The van der Waals surface area contributed by atoms with Crippen LogP contribution in [0.15, 0.2) is 60.2 Å². The zero-order chi connectivity index (χ0) is 21.0. The first-order valence-corrected chi connectivity index (χ1v) is 9.16. The van der Waals surface area contributed by atoms with Gasteiger partial charge in [0.2, 0.25) is 5.91 Å². The number of methoxy groups -OCH3 is 1. The lowest BCUT2D eigenvalue weighted by Crippen LogP contribution is -2.37. The van der Waals surface area contributed by atoms with Gasteiger partial charge in [-0.1, -0.05) is 42.5 Å². The molecule has 1 aliphatic rings. The van der Waals surface area contributed by atoms with E-state index in [2.05, 4.69) is 5.32 Å². The Kier molecular flexibility index (Phi) is 5.97. The summed E-state index contributed by atoms with van der Waals surface area (Å²) in [4.78, 5) is 38.1. The zero-order valence-corrected chi connectivity index (χ0v) is 16.2. The SMILES string of the molecule is COc1ccc(C2/C(=C(\O)c3ccccc3)C(=O)C(=O)N2CCNC(C)=O)cc1. The topological polar surface area (TPSA) is 95.9 Å². The molecule has 3 rings (SSSR count). The van der Waals surface area contributed by atoms with Crippen LogP contribution >= 0.6 is 0 Å². The minimum absolute atomic E-state index is 0.0224. The number of nitrogens with one attached hydrogen (secondary N) is 1. The van der Waals surface area contributed by atoms with Crippen LogP contribution < -0.4 is 10.1 Å². The van der Waals surface area contributed by atoms with E-state index >= 15 is 0 Å². The highest BCUT2D eigenvalue weighted by molar-refractivity contribution is 6.46. The normalized spacial score (nSPS) is 18.0. The third kappa shape index (κ3) is 4.13. The van der Waals surface area contributed by atoms with Crippen molar-refractivity contribution in [1.82, 2.24) is 10.2 Å². The van der Waals surface area contributed by atoms with E-state index in [-0.39, 0.29) is 30.3 Å². The molecule has 1 saturated heterocycles. The lowest BCUT2D eigenvalue weighted by atomic mass is 9.95. The molecular weight excluding hydrogens is 372 g/mol. The number of hydrogen-bond donors (Lipinski definition) is 2. The van der Waals surface area contributed by atoms with Crippen molar-refractivity contribution in [2.45, 2.75) is 13.0 Å². The fourth-order valence-corrected chi connectivity index (χ4v) is 3.35. The maximum absolute atomic E-state index is 12.8. The van der Waals surface area contributed by atoms with Gasteiger partial charge >= 0.3 is 0 Å². The van der Waals surface area contributed by atoms with E-state index in [9.17, 15) is 19.5 Å². The lowest BCUT2D eigenvalue weighted by Gasteiger charge is -2.25. The molecule has 1 aliphatic heterocycles. The standard InChI is InChI=1S/C22H22N2O5/c1-14(25)23-12-13-24-19(15-8-10-17(29-2)11-9-15)18(21(27)22(24)28)20(26)16-6-4-3-5-7-16/h3-11,19,26H,12-13H2,1-2H3,(H,23,25)/b20-18+. The lowest BCUT2D eigenvalue weighted by molar-refractivity contribution is -0.139. The zero-order valence-electron chi connectivity index (χ0n) is 16.2. The number of carbonyl (C=O) groups is 3. The molecule has 0 aromatic heterocycles. The molecular formula is C22H22N2O5. The number of amides is 2. The molecule has 0 radical (unpaired) electrons. The first kappa shape index (κ1) is 20.1. The predicted octanol–water partition coefficient (Wildman–Crippen LogP) is 2.25. The number of likely N-dealkylation sites (tertiary alicyclic amines) is 1. The Labute approximate surface area is 168 Å². The second-order valence-electron chi connectivity index (χ2n) is 6.61. The number of nitrogens with zero attached hydrogens (tertiary/aromatic N) is 1. The van der Waals surface area contributed by atoms with Gasteiger partial charge in [-0.15, -0.1) is 0 Å². The number of ketones is 1. The Morgan fingerprint density at radius 3 is 2.34 bits per heavy atom. The van der Waals surface area contributed by atoms with Crippen LogP contribution in [0.5, 0.6) is 5.75 Å². The van der Waals surface area contributed by atoms with E-state index in [1.807, 2.05) is 0 Å². The summed E-state index contributed by atoms with van der Waals surface area (Å²) in [5.74, 6) is -1.30. The van der Waals surface area contributed by atoms with Gasteiger partial charge < -0.3 is 20.1 Å². The van der Waals surface area contributed by atoms with Gasteiger partial charge in [0.1, 0.15) is 11.5 Å². The molecule has 0 aliphatic carbocycles. The molecule has 1 fully saturated rings. The highest BCUT2D eigenvalue weighted by Crippen LogP contribution is 2.39. The summed E-state index contributed by atoms with van der Waals surface area (Å²) in [6, 6.07) is 14.8. The van der Waals surface area contributed by atoms with Crippen LogP contribution in [0.1, 0.15) is 24.1 Å². The van der Waals surface area contributed by atoms with Gasteiger partial charge in [-0.3, -0.25) is 14.4 Å². The van der Waals surface area contributed by atoms with Crippen molar-refractivity contribution in [1.29, 1.82) is 0 Å². The average molecular weight is 394 g/mol. The molecule has 0 bridgehead atoms. The van der Waals surface area contributed by atoms with Crippen LogP contribution in [-0.4, -0.2) is 47.8 Å². The molecule has 1 unspecified atom stereocenters. The van der Waals surface area contributed by atoms with Crippen molar-refractivity contribution >= 4 is 23.4 Å². The summed E-state index contributed by atoms with van der Waals surface area (Å²) < 4.78 is 5.18. The summed E-state index contributed by atoms with van der Waals surface area (Å²) >= 11 is 0. The van der Waals surface area contributed by atoms with Crippen molar-refractivity contribution in [3.8, 4) is 5.75 Å². The molecule has 1 heterocycles. The number of ether oxygens (including phenoxy) is 1. The maximum atomic E-state index is 12.8. The van der Waals surface area contributed by atoms with Crippen LogP contribution in [0.2, 0.25) is 0 Å². The fourth-order valence-electron chi connectivity index (χ4n) is 3.35. The molecule has 29 heavy (non-hydrogen) atoms. The van der Waals surface area contributed by atoms with Crippen LogP contribution in [-0.2, 0) is 14.4 Å². The van der Waals surface area contributed by atoms with E-state index in [1.165, 1.54) is 11.8 Å². The third-order valence-corrected chi connectivity index (χ3v) is 4.75. The molecule has 150 valence electrons. The summed E-state index contributed by atoms with van der Waals surface area (Å²) in [5.41, 5.74) is 1.13. The Morgan fingerprint density at radius 2 is 1.76 bits per heavy atom. The number of aliphatic hydroxyl groups excluding tert-OH is 1. The van der Waals surface area contributed by atoms with Gasteiger partial charge in [-0.2, -0.15) is 0 Å². The molecule has 2 N–H and O–H groups in total.